The molecular weight excluding hydrogens is 428 g/mol. The van der Waals surface area contributed by atoms with E-state index in [2.05, 4.69) is 15.1 Å². The molecule has 32 heavy (non-hydrogen) atoms. The third kappa shape index (κ3) is 5.20. The van der Waals surface area contributed by atoms with E-state index in [1.54, 1.807) is 16.8 Å². The minimum Gasteiger partial charge on any atom is -0.370 e. The van der Waals surface area contributed by atoms with E-state index < -0.39 is 0 Å². The first-order valence-corrected chi connectivity index (χ1v) is 11.2. The summed E-state index contributed by atoms with van der Waals surface area (Å²) in [6, 6.07) is 12.8. The quantitative estimate of drug-likeness (QED) is 0.221. The average molecular weight is 451 g/mol. The van der Waals surface area contributed by atoms with Gasteiger partial charge >= 0.3 is 0 Å². The molecule has 0 unspecified atom stereocenters. The molecule has 3 heterocycles. The van der Waals surface area contributed by atoms with Crippen molar-refractivity contribution in [3.63, 3.8) is 0 Å². The first-order valence-electron chi connectivity index (χ1n) is 10.3. The molecule has 9 nitrogen and oxygen atoms in total. The number of hydrogen-bond donors (Lipinski definition) is 1. The Morgan fingerprint density at radius 2 is 1.91 bits per heavy atom. The SMILES string of the molecule is NC(=O)CCCCCn1c(SCc2nc(-c3ccccn3)no2)nc2ccccc2c1=O. The van der Waals surface area contributed by atoms with Crippen LogP contribution in [0, 0.1) is 0 Å². The molecule has 0 saturated heterocycles. The minimum atomic E-state index is -0.310. The predicted molar refractivity (Wildman–Crippen MR) is 121 cm³/mol. The maximum absolute atomic E-state index is 13.1. The first-order chi connectivity index (χ1) is 15.6. The molecular formula is C22H22N6O3S. The summed E-state index contributed by atoms with van der Waals surface area (Å²) in [7, 11) is 0. The number of pyridine rings is 1. The lowest BCUT2D eigenvalue weighted by Gasteiger charge is -2.12. The molecule has 0 saturated carbocycles. The van der Waals surface area contributed by atoms with Gasteiger partial charge in [0.2, 0.25) is 17.6 Å². The lowest BCUT2D eigenvalue weighted by Crippen LogP contribution is -2.23. The van der Waals surface area contributed by atoms with Gasteiger partial charge in [0.25, 0.3) is 5.56 Å². The Morgan fingerprint density at radius 1 is 1.06 bits per heavy atom. The van der Waals surface area contributed by atoms with Gasteiger partial charge in [0.05, 0.1) is 16.7 Å². The van der Waals surface area contributed by atoms with E-state index in [1.807, 2.05) is 36.4 Å². The number of unbranched alkanes of at least 4 members (excludes halogenated alkanes) is 2. The van der Waals surface area contributed by atoms with Gasteiger partial charge in [-0.05, 0) is 37.1 Å². The molecule has 0 aliphatic carbocycles. The van der Waals surface area contributed by atoms with E-state index in [1.165, 1.54) is 11.8 Å². The van der Waals surface area contributed by atoms with Crippen molar-refractivity contribution in [2.45, 2.75) is 43.1 Å². The Balaban J connectivity index is 1.52. The number of aromatic nitrogens is 5. The molecule has 0 bridgehead atoms. The summed E-state index contributed by atoms with van der Waals surface area (Å²) in [6.07, 6.45) is 4.25. The van der Waals surface area contributed by atoms with Crippen LogP contribution < -0.4 is 11.3 Å². The summed E-state index contributed by atoms with van der Waals surface area (Å²) in [5, 5.41) is 5.14. The van der Waals surface area contributed by atoms with Crippen LogP contribution in [-0.4, -0.2) is 30.6 Å². The third-order valence-electron chi connectivity index (χ3n) is 4.82. The second kappa shape index (κ2) is 10.2. The van der Waals surface area contributed by atoms with Gasteiger partial charge in [-0.1, -0.05) is 41.5 Å². The molecule has 0 radical (unpaired) electrons. The molecule has 3 aromatic heterocycles. The van der Waals surface area contributed by atoms with Crippen molar-refractivity contribution in [2.24, 2.45) is 5.73 Å². The summed E-state index contributed by atoms with van der Waals surface area (Å²) in [4.78, 5) is 37.3. The van der Waals surface area contributed by atoms with Crippen LogP contribution in [0.5, 0.6) is 0 Å². The van der Waals surface area contributed by atoms with Crippen LogP contribution in [0.4, 0.5) is 0 Å². The summed E-state index contributed by atoms with van der Waals surface area (Å²) in [5.41, 5.74) is 6.38. The van der Waals surface area contributed by atoms with Crippen molar-refractivity contribution in [2.75, 3.05) is 0 Å². The number of benzene rings is 1. The Morgan fingerprint density at radius 3 is 2.72 bits per heavy atom. The van der Waals surface area contributed by atoms with E-state index in [0.29, 0.717) is 58.6 Å². The molecule has 1 amide bonds. The Hall–Kier alpha value is -3.53. The molecule has 0 spiro atoms. The molecule has 0 fully saturated rings. The summed E-state index contributed by atoms with van der Waals surface area (Å²) >= 11 is 1.37. The van der Waals surface area contributed by atoms with Crippen molar-refractivity contribution in [1.29, 1.82) is 0 Å². The fraction of sp³-hybridized carbons (Fsp3) is 0.273. The maximum Gasteiger partial charge on any atom is 0.262 e. The highest BCUT2D eigenvalue weighted by atomic mass is 32.2. The molecule has 0 aliphatic heterocycles. The minimum absolute atomic E-state index is 0.0901. The highest BCUT2D eigenvalue weighted by Crippen LogP contribution is 2.23. The molecule has 10 heteroatoms. The molecule has 164 valence electrons. The number of carbonyl (C=O) groups excluding carboxylic acids is 1. The number of nitrogens with zero attached hydrogens (tertiary/aromatic N) is 5. The number of thioether (sulfide) groups is 1. The highest BCUT2D eigenvalue weighted by molar-refractivity contribution is 7.98. The van der Waals surface area contributed by atoms with Crippen molar-refractivity contribution in [3.8, 4) is 11.5 Å². The van der Waals surface area contributed by atoms with Gasteiger partial charge < -0.3 is 10.3 Å². The zero-order chi connectivity index (χ0) is 22.3. The maximum atomic E-state index is 13.1. The number of rotatable bonds is 10. The average Bonchev–Trinajstić information content (AvgIpc) is 3.28. The van der Waals surface area contributed by atoms with Crippen molar-refractivity contribution < 1.29 is 9.32 Å². The topological polar surface area (TPSA) is 130 Å². The van der Waals surface area contributed by atoms with Crippen LogP contribution in [0.1, 0.15) is 31.6 Å². The molecule has 4 aromatic rings. The third-order valence-corrected chi connectivity index (χ3v) is 5.78. The second-order valence-electron chi connectivity index (χ2n) is 7.16. The molecule has 0 aliphatic rings. The zero-order valence-electron chi connectivity index (χ0n) is 17.3. The molecule has 0 atom stereocenters. The number of para-hydroxylation sites is 1. The van der Waals surface area contributed by atoms with E-state index in [9.17, 15) is 9.59 Å². The Labute approximate surface area is 188 Å². The Bertz CT molecular complexity index is 1270. The second-order valence-corrected chi connectivity index (χ2v) is 8.10. The Kier molecular flexibility index (Phi) is 6.90. The summed E-state index contributed by atoms with van der Waals surface area (Å²) in [5.74, 6) is 0.896. The van der Waals surface area contributed by atoms with Crippen molar-refractivity contribution in [1.82, 2.24) is 24.7 Å². The van der Waals surface area contributed by atoms with Crippen LogP contribution in [-0.2, 0) is 17.1 Å². The van der Waals surface area contributed by atoms with E-state index >= 15 is 0 Å². The highest BCUT2D eigenvalue weighted by Gasteiger charge is 2.15. The van der Waals surface area contributed by atoms with Crippen LogP contribution >= 0.6 is 11.8 Å². The summed E-state index contributed by atoms with van der Waals surface area (Å²) in [6.45, 7) is 0.501. The normalized spacial score (nSPS) is 11.1. The fourth-order valence-corrected chi connectivity index (χ4v) is 4.10. The van der Waals surface area contributed by atoms with Gasteiger partial charge in [0.15, 0.2) is 5.16 Å². The standard InChI is InChI=1S/C22H22N6O3S/c23-18(29)11-2-1-7-13-28-21(30)15-8-3-4-9-16(15)25-22(28)32-14-19-26-20(27-31-19)17-10-5-6-12-24-17/h3-6,8-10,12H,1-2,7,11,13-14H2,(H2,23,29). The van der Waals surface area contributed by atoms with Crippen LogP contribution in [0.25, 0.3) is 22.4 Å². The number of hydrogen-bond acceptors (Lipinski definition) is 8. The zero-order valence-corrected chi connectivity index (χ0v) is 18.1. The van der Waals surface area contributed by atoms with Crippen molar-refractivity contribution in [3.05, 3.63) is 64.9 Å². The number of carbonyl (C=O) groups is 1. The monoisotopic (exact) mass is 450 g/mol. The first kappa shape index (κ1) is 21.7. The number of fused-ring (bicyclic) bond motifs is 1. The smallest absolute Gasteiger partial charge is 0.262 e. The van der Waals surface area contributed by atoms with Gasteiger partial charge in [-0.25, -0.2) is 4.98 Å². The van der Waals surface area contributed by atoms with E-state index in [4.69, 9.17) is 15.2 Å². The largest absolute Gasteiger partial charge is 0.370 e. The van der Waals surface area contributed by atoms with Gasteiger partial charge in [-0.15, -0.1) is 0 Å². The van der Waals surface area contributed by atoms with E-state index in [0.717, 1.165) is 12.8 Å². The number of primary amides is 1. The number of amides is 1. The fourth-order valence-electron chi connectivity index (χ4n) is 3.24. The lowest BCUT2D eigenvalue weighted by molar-refractivity contribution is -0.118. The van der Waals surface area contributed by atoms with E-state index in [-0.39, 0.29) is 11.5 Å². The van der Waals surface area contributed by atoms with Gasteiger partial charge in [0.1, 0.15) is 5.69 Å². The van der Waals surface area contributed by atoms with Gasteiger partial charge in [-0.3, -0.25) is 19.1 Å². The van der Waals surface area contributed by atoms with Crippen LogP contribution in [0.2, 0.25) is 0 Å². The molecule has 4 rings (SSSR count). The molecule has 1 aromatic carbocycles. The van der Waals surface area contributed by atoms with Crippen LogP contribution in [0.3, 0.4) is 0 Å². The molecule has 2 N–H and O–H groups in total. The predicted octanol–water partition coefficient (Wildman–Crippen LogP) is 3.18. The van der Waals surface area contributed by atoms with Gasteiger partial charge in [0, 0.05) is 19.2 Å². The summed E-state index contributed by atoms with van der Waals surface area (Å²) < 4.78 is 7.03. The van der Waals surface area contributed by atoms with Crippen LogP contribution in [0.15, 0.2) is 63.1 Å². The number of nitrogens with two attached hydrogens (primary N) is 1. The van der Waals surface area contributed by atoms with Crippen molar-refractivity contribution >= 4 is 28.6 Å². The lowest BCUT2D eigenvalue weighted by atomic mass is 10.2. The van der Waals surface area contributed by atoms with Gasteiger partial charge in [-0.2, -0.15) is 4.98 Å².